The highest BCUT2D eigenvalue weighted by Crippen LogP contribution is 2.40. The monoisotopic (exact) mass is 492 g/mol. The molecule has 0 aliphatic carbocycles. The first-order valence-electron chi connectivity index (χ1n) is 11.6. The van der Waals surface area contributed by atoms with Crippen LogP contribution in [0, 0.1) is 11.2 Å². The van der Waals surface area contributed by atoms with Crippen LogP contribution in [0.2, 0.25) is 0 Å². The molecule has 9 heteroatoms. The summed E-state index contributed by atoms with van der Waals surface area (Å²) in [6, 6.07) is 11.2. The SMILES string of the molecule is Cl.Nc1cc(-c2ccc3ncnc(-c4cnc(N5CCC6(CCOC6)CC5)c(F)c4)c3c2)ccn1. The molecule has 7 nitrogen and oxygen atoms in total. The van der Waals surface area contributed by atoms with E-state index in [4.69, 9.17) is 10.5 Å². The molecule has 0 atom stereocenters. The molecule has 0 unspecified atom stereocenters. The van der Waals surface area contributed by atoms with Gasteiger partial charge in [-0.1, -0.05) is 6.07 Å². The van der Waals surface area contributed by atoms with Crippen LogP contribution in [0.15, 0.2) is 55.1 Å². The molecule has 4 aromatic rings. The molecule has 2 saturated heterocycles. The van der Waals surface area contributed by atoms with Crippen LogP contribution in [-0.2, 0) is 4.74 Å². The number of anilines is 2. The molecular weight excluding hydrogens is 467 g/mol. The molecule has 2 fully saturated rings. The van der Waals surface area contributed by atoms with E-state index in [-0.39, 0.29) is 23.6 Å². The third-order valence-electron chi connectivity index (χ3n) is 7.15. The fourth-order valence-corrected chi connectivity index (χ4v) is 5.12. The summed E-state index contributed by atoms with van der Waals surface area (Å²) < 4.78 is 20.9. The van der Waals surface area contributed by atoms with Gasteiger partial charge in [0.2, 0.25) is 0 Å². The molecule has 0 saturated carbocycles. The van der Waals surface area contributed by atoms with Gasteiger partial charge in [0, 0.05) is 43.0 Å². The van der Waals surface area contributed by atoms with Gasteiger partial charge in [0.25, 0.3) is 0 Å². The summed E-state index contributed by atoms with van der Waals surface area (Å²) in [6.07, 6.45) is 8.01. The van der Waals surface area contributed by atoms with Gasteiger partial charge in [-0.05, 0) is 66.1 Å². The van der Waals surface area contributed by atoms with Gasteiger partial charge in [0.1, 0.15) is 12.1 Å². The number of rotatable bonds is 3. The van der Waals surface area contributed by atoms with Crippen LogP contribution in [0.25, 0.3) is 33.3 Å². The van der Waals surface area contributed by atoms with Crippen LogP contribution in [0.4, 0.5) is 16.0 Å². The summed E-state index contributed by atoms with van der Waals surface area (Å²) in [5.41, 5.74) is 10.1. The lowest BCUT2D eigenvalue weighted by Gasteiger charge is -2.38. The molecule has 5 heterocycles. The number of benzene rings is 1. The van der Waals surface area contributed by atoms with Crippen molar-refractivity contribution in [1.29, 1.82) is 0 Å². The number of nitrogens with two attached hydrogens (primary N) is 1. The maximum atomic E-state index is 15.3. The van der Waals surface area contributed by atoms with E-state index in [0.717, 1.165) is 67.6 Å². The lowest BCUT2D eigenvalue weighted by molar-refractivity contribution is 0.133. The van der Waals surface area contributed by atoms with Gasteiger partial charge in [-0.15, -0.1) is 12.4 Å². The highest BCUT2D eigenvalue weighted by molar-refractivity contribution is 5.95. The Labute approximate surface area is 209 Å². The van der Waals surface area contributed by atoms with E-state index in [1.54, 1.807) is 12.4 Å². The van der Waals surface area contributed by atoms with Crippen LogP contribution in [0.1, 0.15) is 19.3 Å². The van der Waals surface area contributed by atoms with E-state index < -0.39 is 0 Å². The highest BCUT2D eigenvalue weighted by Gasteiger charge is 2.38. The minimum absolute atomic E-state index is 0. The summed E-state index contributed by atoms with van der Waals surface area (Å²) >= 11 is 0. The topological polar surface area (TPSA) is 90.0 Å². The van der Waals surface area contributed by atoms with E-state index in [1.165, 1.54) is 12.4 Å². The molecule has 3 aromatic heterocycles. The summed E-state index contributed by atoms with van der Waals surface area (Å²) in [4.78, 5) is 19.5. The summed E-state index contributed by atoms with van der Waals surface area (Å²) in [6.45, 7) is 3.25. The Morgan fingerprint density at radius 3 is 2.49 bits per heavy atom. The van der Waals surface area contributed by atoms with Crippen molar-refractivity contribution in [2.24, 2.45) is 5.41 Å². The standard InChI is InChI=1S/C26H25FN6O.ClH/c27-21-12-19(14-30-25(21)33-8-4-26(5-9-33)6-10-34-15-26)24-20-11-17(1-2-22(20)31-16-32-24)18-3-7-29-23(28)13-18;/h1-3,7,11-14,16H,4-6,8-10,15H2,(H2,28,29);1H. The van der Waals surface area contributed by atoms with Crippen LogP contribution in [0.5, 0.6) is 0 Å². The Morgan fingerprint density at radius 2 is 1.74 bits per heavy atom. The molecule has 6 rings (SSSR count). The van der Waals surface area contributed by atoms with E-state index in [1.807, 2.05) is 35.2 Å². The quantitative estimate of drug-likeness (QED) is 0.434. The number of pyridine rings is 2. The molecule has 0 radical (unpaired) electrons. The molecule has 2 aliphatic heterocycles. The molecule has 0 bridgehead atoms. The Balaban J connectivity index is 0.00000253. The third-order valence-corrected chi connectivity index (χ3v) is 7.15. The number of hydrogen-bond acceptors (Lipinski definition) is 7. The second-order valence-electron chi connectivity index (χ2n) is 9.24. The number of halogens is 2. The number of nitrogens with zero attached hydrogens (tertiary/aromatic N) is 5. The number of ether oxygens (including phenoxy) is 1. The molecular formula is C26H26ClFN6O. The Hall–Kier alpha value is -3.36. The number of nitrogen functional groups attached to an aromatic ring is 1. The van der Waals surface area contributed by atoms with Crippen LogP contribution in [0.3, 0.4) is 0 Å². The predicted molar refractivity (Wildman–Crippen MR) is 137 cm³/mol. The number of aromatic nitrogens is 4. The number of piperidine rings is 1. The van der Waals surface area contributed by atoms with E-state index in [2.05, 4.69) is 19.9 Å². The molecule has 2 aliphatic rings. The van der Waals surface area contributed by atoms with Gasteiger partial charge in [-0.25, -0.2) is 24.3 Å². The lowest BCUT2D eigenvalue weighted by Crippen LogP contribution is -2.41. The van der Waals surface area contributed by atoms with Gasteiger partial charge in [-0.3, -0.25) is 0 Å². The van der Waals surface area contributed by atoms with Crippen molar-refractivity contribution in [3.05, 3.63) is 60.9 Å². The third kappa shape index (κ3) is 4.39. The predicted octanol–water partition coefficient (Wildman–Crippen LogP) is 4.90. The first-order valence-corrected chi connectivity index (χ1v) is 11.6. The van der Waals surface area contributed by atoms with E-state index in [9.17, 15) is 0 Å². The minimum Gasteiger partial charge on any atom is -0.384 e. The van der Waals surface area contributed by atoms with Gasteiger partial charge in [0.05, 0.1) is 17.8 Å². The molecule has 2 N–H and O–H groups in total. The lowest BCUT2D eigenvalue weighted by atomic mass is 9.78. The Kier molecular flexibility index (Phi) is 6.25. The number of hydrogen-bond donors (Lipinski definition) is 1. The summed E-state index contributed by atoms with van der Waals surface area (Å²) in [7, 11) is 0. The van der Waals surface area contributed by atoms with Crippen LogP contribution >= 0.6 is 12.4 Å². The molecule has 35 heavy (non-hydrogen) atoms. The fourth-order valence-electron chi connectivity index (χ4n) is 5.12. The van der Waals surface area contributed by atoms with Crippen molar-refractivity contribution in [3.63, 3.8) is 0 Å². The van der Waals surface area contributed by atoms with Crippen molar-refractivity contribution in [2.75, 3.05) is 36.9 Å². The maximum absolute atomic E-state index is 15.3. The fraction of sp³-hybridized carbons (Fsp3) is 0.308. The van der Waals surface area contributed by atoms with E-state index in [0.29, 0.717) is 22.9 Å². The number of fused-ring (bicyclic) bond motifs is 1. The molecule has 1 spiro atoms. The van der Waals surface area contributed by atoms with Gasteiger partial charge >= 0.3 is 0 Å². The highest BCUT2D eigenvalue weighted by atomic mass is 35.5. The van der Waals surface area contributed by atoms with Crippen LogP contribution < -0.4 is 10.6 Å². The smallest absolute Gasteiger partial charge is 0.166 e. The van der Waals surface area contributed by atoms with Crippen molar-refractivity contribution in [2.45, 2.75) is 19.3 Å². The first-order chi connectivity index (χ1) is 16.6. The summed E-state index contributed by atoms with van der Waals surface area (Å²) in [5.74, 6) is 0.526. The summed E-state index contributed by atoms with van der Waals surface area (Å²) in [5, 5.41) is 0.825. The minimum atomic E-state index is -0.332. The van der Waals surface area contributed by atoms with Crippen molar-refractivity contribution >= 4 is 34.9 Å². The average molecular weight is 493 g/mol. The van der Waals surface area contributed by atoms with Gasteiger partial charge in [-0.2, -0.15) is 0 Å². The molecule has 0 amide bonds. The maximum Gasteiger partial charge on any atom is 0.166 e. The zero-order valence-electron chi connectivity index (χ0n) is 19.2. The average Bonchev–Trinajstić information content (AvgIpc) is 3.32. The molecule has 180 valence electrons. The van der Waals surface area contributed by atoms with Crippen molar-refractivity contribution in [3.8, 4) is 22.4 Å². The second kappa shape index (κ2) is 9.36. The largest absolute Gasteiger partial charge is 0.384 e. The molecule has 1 aromatic carbocycles. The zero-order chi connectivity index (χ0) is 23.1. The Bertz CT molecular complexity index is 1370. The Morgan fingerprint density at radius 1 is 0.914 bits per heavy atom. The van der Waals surface area contributed by atoms with Crippen LogP contribution in [-0.4, -0.2) is 46.2 Å². The zero-order valence-corrected chi connectivity index (χ0v) is 20.0. The first kappa shape index (κ1) is 23.4. The van der Waals surface area contributed by atoms with Gasteiger partial charge in [0.15, 0.2) is 11.6 Å². The van der Waals surface area contributed by atoms with Crippen molar-refractivity contribution < 1.29 is 9.13 Å². The second-order valence-corrected chi connectivity index (χ2v) is 9.24. The van der Waals surface area contributed by atoms with Crippen molar-refractivity contribution in [1.82, 2.24) is 19.9 Å². The normalized spacial score (nSPS) is 17.0. The van der Waals surface area contributed by atoms with E-state index >= 15 is 4.39 Å². The van der Waals surface area contributed by atoms with Gasteiger partial charge < -0.3 is 15.4 Å².